The van der Waals surface area contributed by atoms with Crippen LogP contribution in [0.25, 0.3) is 0 Å². The number of carbonyl (C=O) groups is 1. The van der Waals surface area contributed by atoms with E-state index in [9.17, 15) is 4.79 Å². The first-order chi connectivity index (χ1) is 6.22. The molecular formula is C8H16BrNO3. The van der Waals surface area contributed by atoms with Crippen LogP contribution in [0.2, 0.25) is 0 Å². The topological polar surface area (TPSA) is 47.6 Å². The third kappa shape index (κ3) is 6.98. The maximum atomic E-state index is 10.9. The molecular weight excluding hydrogens is 238 g/mol. The van der Waals surface area contributed by atoms with E-state index in [1.807, 2.05) is 0 Å². The van der Waals surface area contributed by atoms with Crippen LogP contribution < -0.4 is 5.32 Å². The molecule has 78 valence electrons. The van der Waals surface area contributed by atoms with Crippen molar-refractivity contribution >= 4 is 21.9 Å². The molecule has 0 saturated heterocycles. The number of hydrogen-bond acceptors (Lipinski definition) is 4. The summed E-state index contributed by atoms with van der Waals surface area (Å²) in [7, 11) is 3.04. The van der Waals surface area contributed by atoms with Gasteiger partial charge in [-0.05, 0) is 13.0 Å². The van der Waals surface area contributed by atoms with Crippen LogP contribution in [0.1, 0.15) is 6.42 Å². The molecule has 13 heavy (non-hydrogen) atoms. The van der Waals surface area contributed by atoms with Crippen molar-refractivity contribution in [2.45, 2.75) is 11.2 Å². The molecule has 0 aliphatic rings. The largest absolute Gasteiger partial charge is 0.468 e. The summed E-state index contributed by atoms with van der Waals surface area (Å²) in [6.07, 6.45) is 0.942. The molecule has 1 atom stereocenters. The van der Waals surface area contributed by atoms with Gasteiger partial charge in [-0.3, -0.25) is 4.79 Å². The van der Waals surface area contributed by atoms with Crippen molar-refractivity contribution in [3.63, 3.8) is 0 Å². The number of carbonyl (C=O) groups excluding carboxylic acids is 1. The van der Waals surface area contributed by atoms with E-state index in [1.54, 1.807) is 7.11 Å². The third-order valence-electron chi connectivity index (χ3n) is 1.48. The molecule has 4 nitrogen and oxygen atoms in total. The number of methoxy groups -OCH3 is 2. The zero-order chi connectivity index (χ0) is 10.1. The predicted octanol–water partition coefficient (Wildman–Crippen LogP) is 0.549. The molecule has 0 saturated carbocycles. The average Bonchev–Trinajstić information content (AvgIpc) is 2.16. The predicted molar refractivity (Wildman–Crippen MR) is 54.1 cm³/mol. The molecule has 0 aromatic heterocycles. The highest BCUT2D eigenvalue weighted by Crippen LogP contribution is 1.99. The minimum atomic E-state index is -0.264. The quantitative estimate of drug-likeness (QED) is 0.409. The summed E-state index contributed by atoms with van der Waals surface area (Å²) in [5, 5.41) is 3.11. The fraction of sp³-hybridized carbons (Fsp3) is 0.875. The smallest absolute Gasteiger partial charge is 0.320 e. The summed E-state index contributed by atoms with van der Waals surface area (Å²) in [5.41, 5.74) is 0. The van der Waals surface area contributed by atoms with Gasteiger partial charge in [-0.15, -0.1) is 0 Å². The lowest BCUT2D eigenvalue weighted by Crippen LogP contribution is -2.30. The van der Waals surface area contributed by atoms with Gasteiger partial charge in [0.05, 0.1) is 7.11 Å². The van der Waals surface area contributed by atoms with Crippen LogP contribution in [0.5, 0.6) is 0 Å². The number of alkyl halides is 1. The first-order valence-corrected chi connectivity index (χ1v) is 5.05. The highest BCUT2D eigenvalue weighted by atomic mass is 79.9. The Kier molecular flexibility index (Phi) is 8.38. The fourth-order valence-electron chi connectivity index (χ4n) is 0.782. The Hall–Kier alpha value is -0.130. The van der Waals surface area contributed by atoms with E-state index in [2.05, 4.69) is 26.0 Å². The van der Waals surface area contributed by atoms with Gasteiger partial charge in [0, 0.05) is 20.3 Å². The van der Waals surface area contributed by atoms with Crippen LogP contribution in [-0.2, 0) is 14.3 Å². The van der Waals surface area contributed by atoms with Gasteiger partial charge in [-0.1, -0.05) is 15.9 Å². The summed E-state index contributed by atoms with van der Waals surface area (Å²) in [5.74, 6) is -0.251. The van der Waals surface area contributed by atoms with Crippen molar-refractivity contribution in [2.24, 2.45) is 0 Å². The Morgan fingerprint density at radius 1 is 1.54 bits per heavy atom. The molecule has 0 bridgehead atoms. The third-order valence-corrected chi connectivity index (χ3v) is 2.18. The highest BCUT2D eigenvalue weighted by Gasteiger charge is 2.13. The Bertz CT molecular complexity index is 143. The maximum absolute atomic E-state index is 10.9. The standard InChI is InChI=1S/C8H16BrNO3/c1-12-5-3-4-10-6-7(9)8(11)13-2/h7,10H,3-6H2,1-2H3. The van der Waals surface area contributed by atoms with Crippen molar-refractivity contribution in [1.29, 1.82) is 0 Å². The Morgan fingerprint density at radius 3 is 2.77 bits per heavy atom. The van der Waals surface area contributed by atoms with Gasteiger partial charge < -0.3 is 14.8 Å². The fourth-order valence-corrected chi connectivity index (χ4v) is 1.20. The summed E-state index contributed by atoms with van der Waals surface area (Å²) in [4.78, 5) is 10.6. The van der Waals surface area contributed by atoms with E-state index in [0.29, 0.717) is 6.54 Å². The van der Waals surface area contributed by atoms with E-state index in [0.717, 1.165) is 19.6 Å². The van der Waals surface area contributed by atoms with Crippen molar-refractivity contribution in [1.82, 2.24) is 5.32 Å². The van der Waals surface area contributed by atoms with Gasteiger partial charge in [-0.25, -0.2) is 0 Å². The van der Waals surface area contributed by atoms with Crippen molar-refractivity contribution in [3.8, 4) is 0 Å². The van der Waals surface area contributed by atoms with Crippen LogP contribution >= 0.6 is 15.9 Å². The Balaban J connectivity index is 3.26. The second kappa shape index (κ2) is 8.47. The second-order valence-corrected chi connectivity index (χ2v) is 3.65. The lowest BCUT2D eigenvalue weighted by atomic mass is 10.4. The number of halogens is 1. The number of esters is 1. The van der Waals surface area contributed by atoms with E-state index in [4.69, 9.17) is 4.74 Å². The Morgan fingerprint density at radius 2 is 2.23 bits per heavy atom. The van der Waals surface area contributed by atoms with Crippen LogP contribution in [0.4, 0.5) is 0 Å². The SMILES string of the molecule is COCCCNCC(Br)C(=O)OC. The molecule has 0 aliphatic heterocycles. The highest BCUT2D eigenvalue weighted by molar-refractivity contribution is 9.10. The van der Waals surface area contributed by atoms with Crippen LogP contribution in [0.15, 0.2) is 0 Å². The van der Waals surface area contributed by atoms with Gasteiger partial charge in [0.25, 0.3) is 0 Å². The van der Waals surface area contributed by atoms with Gasteiger partial charge in [0.2, 0.25) is 0 Å². The number of nitrogens with one attached hydrogen (secondary N) is 1. The summed E-state index contributed by atoms with van der Waals surface area (Å²) in [6, 6.07) is 0. The molecule has 0 amide bonds. The number of rotatable bonds is 7. The van der Waals surface area contributed by atoms with Gasteiger partial charge in [0.1, 0.15) is 4.83 Å². The number of hydrogen-bond donors (Lipinski definition) is 1. The summed E-state index contributed by atoms with van der Waals surface area (Å²) < 4.78 is 9.41. The van der Waals surface area contributed by atoms with Gasteiger partial charge in [-0.2, -0.15) is 0 Å². The normalized spacial score (nSPS) is 12.5. The summed E-state index contributed by atoms with van der Waals surface area (Å²) >= 11 is 3.20. The van der Waals surface area contributed by atoms with Crippen LogP contribution in [-0.4, -0.2) is 44.7 Å². The molecule has 0 aromatic carbocycles. The molecule has 0 spiro atoms. The van der Waals surface area contributed by atoms with Gasteiger partial charge >= 0.3 is 5.97 Å². The van der Waals surface area contributed by atoms with Crippen molar-refractivity contribution < 1.29 is 14.3 Å². The van der Waals surface area contributed by atoms with Crippen molar-refractivity contribution in [2.75, 3.05) is 33.9 Å². The van der Waals surface area contributed by atoms with E-state index < -0.39 is 0 Å². The average molecular weight is 254 g/mol. The van der Waals surface area contributed by atoms with Crippen molar-refractivity contribution in [3.05, 3.63) is 0 Å². The van der Waals surface area contributed by atoms with E-state index in [1.165, 1.54) is 7.11 Å². The Labute approximate surface area is 87.1 Å². The van der Waals surface area contributed by atoms with Gasteiger partial charge in [0.15, 0.2) is 0 Å². The van der Waals surface area contributed by atoms with Crippen LogP contribution in [0, 0.1) is 0 Å². The first-order valence-electron chi connectivity index (χ1n) is 4.14. The molecule has 1 unspecified atom stereocenters. The second-order valence-electron chi connectivity index (χ2n) is 2.54. The maximum Gasteiger partial charge on any atom is 0.320 e. The van der Waals surface area contributed by atoms with Crippen LogP contribution in [0.3, 0.4) is 0 Å². The minimum absolute atomic E-state index is 0.251. The molecule has 5 heteroatoms. The van der Waals surface area contributed by atoms with E-state index in [-0.39, 0.29) is 10.8 Å². The first kappa shape index (κ1) is 12.9. The molecule has 0 radical (unpaired) electrons. The molecule has 0 heterocycles. The lowest BCUT2D eigenvalue weighted by molar-refractivity contribution is -0.139. The molecule has 1 N–H and O–H groups in total. The summed E-state index contributed by atoms with van der Waals surface area (Å²) in [6.45, 7) is 2.15. The monoisotopic (exact) mass is 253 g/mol. The molecule has 0 aromatic rings. The number of ether oxygens (including phenoxy) is 2. The molecule has 0 aliphatic carbocycles. The zero-order valence-electron chi connectivity index (χ0n) is 8.01. The molecule has 0 fully saturated rings. The zero-order valence-corrected chi connectivity index (χ0v) is 9.59. The molecule has 0 rings (SSSR count). The van der Waals surface area contributed by atoms with E-state index >= 15 is 0 Å². The minimum Gasteiger partial charge on any atom is -0.468 e. The lowest BCUT2D eigenvalue weighted by Gasteiger charge is -2.08.